The first-order valence-corrected chi connectivity index (χ1v) is 16.8. The van der Waals surface area contributed by atoms with Crippen molar-refractivity contribution < 1.29 is 18.0 Å². The Hall–Kier alpha value is -4.14. The van der Waals surface area contributed by atoms with Crippen LogP contribution in [0.5, 0.6) is 0 Å². The number of nitrogens with one attached hydrogen (secondary N) is 1. The molecule has 0 aromatic heterocycles. The van der Waals surface area contributed by atoms with Crippen LogP contribution in [0, 0.1) is 13.8 Å². The van der Waals surface area contributed by atoms with Gasteiger partial charge in [0, 0.05) is 24.0 Å². The number of hydrogen-bond acceptors (Lipinski definition) is 4. The zero-order valence-electron chi connectivity index (χ0n) is 26.1. The maximum absolute atomic E-state index is 14.6. The molecule has 0 unspecified atom stereocenters. The highest BCUT2D eigenvalue weighted by atomic mass is 35.5. The topological polar surface area (TPSA) is 86.8 Å². The van der Waals surface area contributed by atoms with Gasteiger partial charge in [0.25, 0.3) is 10.0 Å². The van der Waals surface area contributed by atoms with Crippen molar-refractivity contribution in [3.8, 4) is 0 Å². The lowest BCUT2D eigenvalue weighted by Gasteiger charge is -2.34. The Labute approximate surface area is 271 Å². The molecule has 9 heteroatoms. The lowest BCUT2D eigenvalue weighted by Crippen LogP contribution is -2.54. The summed E-state index contributed by atoms with van der Waals surface area (Å²) in [7, 11) is -4.17. The number of hydrogen-bond donors (Lipinski definition) is 1. The smallest absolute Gasteiger partial charge is 0.264 e. The van der Waals surface area contributed by atoms with E-state index in [1.807, 2.05) is 63.2 Å². The Morgan fingerprint density at radius 2 is 1.49 bits per heavy atom. The van der Waals surface area contributed by atoms with Gasteiger partial charge in [-0.3, -0.25) is 13.9 Å². The van der Waals surface area contributed by atoms with Crippen molar-refractivity contribution in [2.45, 2.75) is 64.1 Å². The van der Waals surface area contributed by atoms with Crippen molar-refractivity contribution in [1.29, 1.82) is 0 Å². The number of anilines is 1. The molecule has 0 saturated heterocycles. The molecule has 4 rings (SSSR count). The molecule has 0 heterocycles. The van der Waals surface area contributed by atoms with Crippen molar-refractivity contribution in [3.63, 3.8) is 0 Å². The quantitative estimate of drug-likeness (QED) is 0.175. The SMILES string of the molecule is CC[C@@H](C)NC(=O)[C@H](Cc1ccccc1)N(Cc1cccc(Cl)c1)C(=O)CN(c1ccccc1C)S(=O)(=O)c1ccc(C)cc1. The summed E-state index contributed by atoms with van der Waals surface area (Å²) < 4.78 is 29.5. The van der Waals surface area contributed by atoms with Crippen LogP contribution in [-0.4, -0.2) is 43.8 Å². The van der Waals surface area contributed by atoms with E-state index in [0.29, 0.717) is 28.3 Å². The van der Waals surface area contributed by atoms with E-state index in [9.17, 15) is 18.0 Å². The van der Waals surface area contributed by atoms with Crippen molar-refractivity contribution in [3.05, 3.63) is 130 Å². The monoisotopic (exact) mass is 645 g/mol. The summed E-state index contributed by atoms with van der Waals surface area (Å²) in [5.74, 6) is -0.832. The van der Waals surface area contributed by atoms with Crippen LogP contribution in [0.25, 0.3) is 0 Å². The Balaban J connectivity index is 1.82. The fraction of sp³-hybridized carbons (Fsp3) is 0.278. The summed E-state index contributed by atoms with van der Waals surface area (Å²) in [6.07, 6.45) is 0.951. The summed E-state index contributed by atoms with van der Waals surface area (Å²) in [4.78, 5) is 30.0. The minimum Gasteiger partial charge on any atom is -0.352 e. The number of aryl methyl sites for hydroxylation is 2. The fourth-order valence-corrected chi connectivity index (χ4v) is 6.71. The van der Waals surface area contributed by atoms with Gasteiger partial charge in [-0.25, -0.2) is 8.42 Å². The number of halogens is 1. The molecule has 0 saturated carbocycles. The van der Waals surface area contributed by atoms with Crippen LogP contribution >= 0.6 is 11.6 Å². The highest BCUT2D eigenvalue weighted by Gasteiger charge is 2.35. The maximum Gasteiger partial charge on any atom is 0.264 e. The van der Waals surface area contributed by atoms with Gasteiger partial charge in [-0.15, -0.1) is 0 Å². The molecule has 0 spiro atoms. The number of sulfonamides is 1. The number of amides is 2. The molecule has 45 heavy (non-hydrogen) atoms. The lowest BCUT2D eigenvalue weighted by atomic mass is 10.0. The zero-order valence-corrected chi connectivity index (χ0v) is 27.7. The molecular formula is C36H40ClN3O4S. The van der Waals surface area contributed by atoms with Crippen LogP contribution in [0.2, 0.25) is 5.02 Å². The molecular weight excluding hydrogens is 606 g/mol. The lowest BCUT2D eigenvalue weighted by molar-refractivity contribution is -0.140. The molecule has 0 bridgehead atoms. The third kappa shape index (κ3) is 8.74. The summed E-state index contributed by atoms with van der Waals surface area (Å²) in [6.45, 7) is 7.11. The predicted molar refractivity (Wildman–Crippen MR) is 181 cm³/mol. The molecule has 2 amide bonds. The van der Waals surface area contributed by atoms with Crippen LogP contribution < -0.4 is 9.62 Å². The minimum absolute atomic E-state index is 0.0526. The minimum atomic E-state index is -4.17. The average molecular weight is 646 g/mol. The average Bonchev–Trinajstić information content (AvgIpc) is 3.02. The molecule has 4 aromatic carbocycles. The number of carbonyl (C=O) groups excluding carboxylic acids is 2. The molecule has 0 fully saturated rings. The van der Waals surface area contributed by atoms with E-state index in [4.69, 9.17) is 11.6 Å². The third-order valence-electron chi connectivity index (χ3n) is 7.79. The third-order valence-corrected chi connectivity index (χ3v) is 9.80. The second-order valence-electron chi connectivity index (χ2n) is 11.3. The van der Waals surface area contributed by atoms with E-state index in [2.05, 4.69) is 5.32 Å². The van der Waals surface area contributed by atoms with Gasteiger partial charge in [0.1, 0.15) is 12.6 Å². The standard InChI is InChI=1S/C36H40ClN3O4S/c1-5-28(4)38-36(42)34(23-29-13-7-6-8-14-29)39(24-30-15-11-16-31(37)22-30)35(41)25-40(33-17-10-9-12-27(33)3)45(43,44)32-20-18-26(2)19-21-32/h6-22,28,34H,5,23-25H2,1-4H3,(H,38,42)/t28-,34+/m1/s1. The van der Waals surface area contributed by atoms with E-state index in [0.717, 1.165) is 15.4 Å². The Kier molecular flexibility index (Phi) is 11.4. The molecule has 0 aliphatic carbocycles. The van der Waals surface area contributed by atoms with E-state index >= 15 is 0 Å². The first kappa shape index (κ1) is 33.7. The predicted octanol–water partition coefficient (Wildman–Crippen LogP) is 6.71. The van der Waals surface area contributed by atoms with Crippen LogP contribution in [-0.2, 0) is 32.6 Å². The fourth-order valence-electron chi connectivity index (χ4n) is 5.02. The van der Waals surface area contributed by atoms with Crippen LogP contribution in [0.15, 0.2) is 108 Å². The number of para-hydroxylation sites is 1. The van der Waals surface area contributed by atoms with E-state index in [1.54, 1.807) is 67.6 Å². The Morgan fingerprint density at radius 3 is 2.13 bits per heavy atom. The van der Waals surface area contributed by atoms with Gasteiger partial charge >= 0.3 is 0 Å². The highest BCUT2D eigenvalue weighted by molar-refractivity contribution is 7.92. The summed E-state index contributed by atoms with van der Waals surface area (Å²) in [6, 6.07) is 29.1. The first-order chi connectivity index (χ1) is 21.5. The Morgan fingerprint density at radius 1 is 0.844 bits per heavy atom. The van der Waals surface area contributed by atoms with Gasteiger partial charge in [0.05, 0.1) is 10.6 Å². The van der Waals surface area contributed by atoms with Crippen molar-refractivity contribution in [1.82, 2.24) is 10.2 Å². The number of benzene rings is 4. The summed E-state index contributed by atoms with van der Waals surface area (Å²) >= 11 is 6.32. The molecule has 0 aliphatic heterocycles. The normalized spacial score (nSPS) is 12.6. The Bertz CT molecular complexity index is 1710. The molecule has 4 aromatic rings. The van der Waals surface area contributed by atoms with E-state index in [1.165, 1.54) is 4.90 Å². The van der Waals surface area contributed by atoms with Crippen LogP contribution in [0.3, 0.4) is 0 Å². The van der Waals surface area contributed by atoms with E-state index in [-0.39, 0.29) is 29.8 Å². The molecule has 2 atom stereocenters. The van der Waals surface area contributed by atoms with Crippen LogP contribution in [0.1, 0.15) is 42.5 Å². The zero-order chi connectivity index (χ0) is 32.6. The van der Waals surface area contributed by atoms with E-state index < -0.39 is 28.5 Å². The maximum atomic E-state index is 14.6. The van der Waals surface area contributed by atoms with Gasteiger partial charge in [0.2, 0.25) is 11.8 Å². The van der Waals surface area contributed by atoms with Crippen molar-refractivity contribution in [2.75, 3.05) is 10.8 Å². The molecule has 0 radical (unpaired) electrons. The molecule has 7 nitrogen and oxygen atoms in total. The van der Waals surface area contributed by atoms with Gasteiger partial charge < -0.3 is 10.2 Å². The van der Waals surface area contributed by atoms with Gasteiger partial charge in [0.15, 0.2) is 0 Å². The number of nitrogens with zero attached hydrogens (tertiary/aromatic N) is 2. The van der Waals surface area contributed by atoms with Crippen molar-refractivity contribution >= 4 is 39.1 Å². The highest BCUT2D eigenvalue weighted by Crippen LogP contribution is 2.28. The van der Waals surface area contributed by atoms with Gasteiger partial charge in [-0.2, -0.15) is 0 Å². The molecule has 0 aliphatic rings. The van der Waals surface area contributed by atoms with Gasteiger partial charge in [-0.05, 0) is 74.2 Å². The molecule has 1 N–H and O–H groups in total. The van der Waals surface area contributed by atoms with Gasteiger partial charge in [-0.1, -0.05) is 96.9 Å². The first-order valence-electron chi connectivity index (χ1n) is 15.0. The number of rotatable bonds is 13. The summed E-state index contributed by atoms with van der Waals surface area (Å²) in [5.41, 5.74) is 3.58. The largest absolute Gasteiger partial charge is 0.352 e. The second kappa shape index (κ2) is 15.2. The summed E-state index contributed by atoms with van der Waals surface area (Å²) in [5, 5.41) is 3.54. The number of carbonyl (C=O) groups is 2. The molecule has 236 valence electrons. The second-order valence-corrected chi connectivity index (χ2v) is 13.6. The van der Waals surface area contributed by atoms with Crippen LogP contribution in [0.4, 0.5) is 5.69 Å². The van der Waals surface area contributed by atoms with Crippen molar-refractivity contribution in [2.24, 2.45) is 0 Å².